The molecule has 1 aromatic rings. The van der Waals surface area contributed by atoms with Crippen LogP contribution in [0.1, 0.15) is 11.6 Å². The van der Waals surface area contributed by atoms with E-state index in [-0.39, 0.29) is 12.4 Å². The first-order valence-corrected chi connectivity index (χ1v) is 5.19. The van der Waals surface area contributed by atoms with Crippen LogP contribution in [0.15, 0.2) is 21.1 Å². The Hall–Kier alpha value is -0.100. The van der Waals surface area contributed by atoms with Crippen LogP contribution in [0.5, 0.6) is 5.75 Å². The van der Waals surface area contributed by atoms with Gasteiger partial charge in [-0.3, -0.25) is 0 Å². The summed E-state index contributed by atoms with van der Waals surface area (Å²) in [6.07, 6.45) is 0. The van der Waals surface area contributed by atoms with Crippen molar-refractivity contribution in [2.24, 2.45) is 5.73 Å². The number of aromatic hydroxyl groups is 1. The lowest BCUT2D eigenvalue weighted by atomic mass is 10.1. The lowest BCUT2D eigenvalue weighted by Crippen LogP contribution is -2.14. The minimum Gasteiger partial charge on any atom is -0.506 e. The third-order valence-corrected chi connectivity index (χ3v) is 2.87. The number of phenols is 1. The molecular formula is C8H9Br2NO2. The minimum atomic E-state index is -0.423. The minimum absolute atomic E-state index is 0.121. The Morgan fingerprint density at radius 1 is 1.31 bits per heavy atom. The average molecular weight is 311 g/mol. The van der Waals surface area contributed by atoms with Crippen LogP contribution in [-0.2, 0) is 0 Å². The van der Waals surface area contributed by atoms with Crippen molar-refractivity contribution in [2.75, 3.05) is 6.61 Å². The maximum atomic E-state index is 9.39. The van der Waals surface area contributed by atoms with Crippen LogP contribution in [-0.4, -0.2) is 16.8 Å². The molecule has 1 atom stereocenters. The van der Waals surface area contributed by atoms with Crippen LogP contribution in [0, 0.1) is 0 Å². The number of halogens is 2. The van der Waals surface area contributed by atoms with E-state index in [9.17, 15) is 5.11 Å². The van der Waals surface area contributed by atoms with Crippen LogP contribution in [0.4, 0.5) is 0 Å². The Morgan fingerprint density at radius 3 is 2.15 bits per heavy atom. The smallest absolute Gasteiger partial charge is 0.143 e. The molecule has 0 saturated heterocycles. The summed E-state index contributed by atoms with van der Waals surface area (Å²) in [5.74, 6) is 0.133. The van der Waals surface area contributed by atoms with Crippen molar-refractivity contribution in [3.05, 3.63) is 26.6 Å². The quantitative estimate of drug-likeness (QED) is 0.782. The Kier molecular flexibility index (Phi) is 3.73. The average Bonchev–Trinajstić information content (AvgIpc) is 2.12. The monoisotopic (exact) mass is 309 g/mol. The molecule has 0 heterocycles. The third-order valence-electron chi connectivity index (χ3n) is 1.66. The van der Waals surface area contributed by atoms with Crippen molar-refractivity contribution in [3.63, 3.8) is 0 Å². The number of hydrogen-bond acceptors (Lipinski definition) is 3. The number of nitrogens with two attached hydrogens (primary N) is 1. The number of hydrogen-bond donors (Lipinski definition) is 3. The van der Waals surface area contributed by atoms with E-state index in [1.54, 1.807) is 12.1 Å². The summed E-state index contributed by atoms with van der Waals surface area (Å²) in [6, 6.07) is 2.94. The standard InChI is InChI=1S/C8H9Br2NO2/c9-5-1-4(7(11)3-12)2-6(10)8(5)13/h1-2,7,12-13H,3,11H2/t7-/m0/s1. The van der Waals surface area contributed by atoms with Crippen LogP contribution in [0.25, 0.3) is 0 Å². The van der Waals surface area contributed by atoms with Crippen molar-refractivity contribution < 1.29 is 10.2 Å². The molecule has 0 aliphatic carbocycles. The van der Waals surface area contributed by atoms with Gasteiger partial charge in [0.05, 0.1) is 21.6 Å². The fourth-order valence-corrected chi connectivity index (χ4v) is 2.13. The second-order valence-corrected chi connectivity index (χ2v) is 4.33. The van der Waals surface area contributed by atoms with E-state index >= 15 is 0 Å². The van der Waals surface area contributed by atoms with Gasteiger partial charge in [-0.1, -0.05) is 0 Å². The molecule has 0 saturated carbocycles. The summed E-state index contributed by atoms with van der Waals surface area (Å²) in [6.45, 7) is -0.121. The highest BCUT2D eigenvalue weighted by molar-refractivity contribution is 9.11. The van der Waals surface area contributed by atoms with E-state index < -0.39 is 6.04 Å². The number of phenolic OH excluding ortho intramolecular Hbond substituents is 1. The molecule has 0 aromatic heterocycles. The van der Waals surface area contributed by atoms with Gasteiger partial charge in [0.15, 0.2) is 0 Å². The predicted molar refractivity (Wildman–Crippen MR) is 57.5 cm³/mol. The van der Waals surface area contributed by atoms with Gasteiger partial charge in [-0.25, -0.2) is 0 Å². The van der Waals surface area contributed by atoms with Gasteiger partial charge in [-0.2, -0.15) is 0 Å². The number of rotatable bonds is 2. The largest absolute Gasteiger partial charge is 0.506 e. The molecule has 0 aliphatic rings. The van der Waals surface area contributed by atoms with Gasteiger partial charge >= 0.3 is 0 Å². The van der Waals surface area contributed by atoms with E-state index in [0.29, 0.717) is 8.95 Å². The van der Waals surface area contributed by atoms with Gasteiger partial charge in [-0.15, -0.1) is 0 Å². The van der Waals surface area contributed by atoms with Gasteiger partial charge < -0.3 is 15.9 Å². The van der Waals surface area contributed by atoms with Gasteiger partial charge in [0, 0.05) is 0 Å². The summed E-state index contributed by atoms with van der Waals surface area (Å²) in [5, 5.41) is 18.2. The Labute approximate surface area is 92.8 Å². The highest BCUT2D eigenvalue weighted by atomic mass is 79.9. The van der Waals surface area contributed by atoms with E-state index in [4.69, 9.17) is 10.8 Å². The molecule has 5 heteroatoms. The van der Waals surface area contributed by atoms with E-state index in [1.807, 2.05) is 0 Å². The molecule has 72 valence electrons. The SMILES string of the molecule is N[C@@H](CO)c1cc(Br)c(O)c(Br)c1. The lowest BCUT2D eigenvalue weighted by Gasteiger charge is -2.10. The zero-order valence-corrected chi connectivity index (χ0v) is 9.84. The second kappa shape index (κ2) is 4.41. The number of aliphatic hydroxyl groups excluding tert-OH is 1. The maximum absolute atomic E-state index is 9.39. The molecule has 3 nitrogen and oxygen atoms in total. The lowest BCUT2D eigenvalue weighted by molar-refractivity contribution is 0.268. The van der Waals surface area contributed by atoms with Crippen LogP contribution >= 0.6 is 31.9 Å². The first kappa shape index (κ1) is 11.0. The highest BCUT2D eigenvalue weighted by Crippen LogP contribution is 2.34. The molecule has 0 aliphatic heterocycles. The zero-order chi connectivity index (χ0) is 10.0. The second-order valence-electron chi connectivity index (χ2n) is 2.62. The fraction of sp³-hybridized carbons (Fsp3) is 0.250. The van der Waals surface area contributed by atoms with E-state index in [1.165, 1.54) is 0 Å². The molecule has 0 amide bonds. The molecule has 1 rings (SSSR count). The van der Waals surface area contributed by atoms with Crippen molar-refractivity contribution in [1.82, 2.24) is 0 Å². The van der Waals surface area contributed by atoms with Gasteiger partial charge in [0.2, 0.25) is 0 Å². The van der Waals surface area contributed by atoms with E-state index in [0.717, 1.165) is 5.56 Å². The Balaban J connectivity index is 3.13. The number of benzene rings is 1. The van der Waals surface area contributed by atoms with Gasteiger partial charge in [0.25, 0.3) is 0 Å². The molecular weight excluding hydrogens is 302 g/mol. The molecule has 0 unspecified atom stereocenters. The summed E-state index contributed by atoms with van der Waals surface area (Å²) in [7, 11) is 0. The maximum Gasteiger partial charge on any atom is 0.143 e. The Morgan fingerprint density at radius 2 is 1.77 bits per heavy atom. The summed E-state index contributed by atoms with van der Waals surface area (Å²) < 4.78 is 1.11. The van der Waals surface area contributed by atoms with E-state index in [2.05, 4.69) is 31.9 Å². The molecule has 0 fully saturated rings. The molecule has 13 heavy (non-hydrogen) atoms. The van der Waals surface area contributed by atoms with Crippen LogP contribution in [0.2, 0.25) is 0 Å². The third kappa shape index (κ3) is 2.43. The molecule has 0 spiro atoms. The van der Waals surface area contributed by atoms with Gasteiger partial charge in [0.1, 0.15) is 5.75 Å². The summed E-state index contributed by atoms with van der Waals surface area (Å²) >= 11 is 6.35. The summed E-state index contributed by atoms with van der Waals surface area (Å²) in [4.78, 5) is 0. The topological polar surface area (TPSA) is 66.5 Å². The van der Waals surface area contributed by atoms with Crippen LogP contribution < -0.4 is 5.73 Å². The first-order valence-electron chi connectivity index (χ1n) is 3.60. The fourth-order valence-electron chi connectivity index (χ4n) is 0.905. The molecule has 0 radical (unpaired) electrons. The molecule has 1 aromatic carbocycles. The first-order chi connectivity index (χ1) is 6.06. The zero-order valence-electron chi connectivity index (χ0n) is 6.67. The highest BCUT2D eigenvalue weighted by Gasteiger charge is 2.10. The normalized spacial score (nSPS) is 12.9. The molecule has 4 N–H and O–H groups in total. The Bertz CT molecular complexity index is 294. The van der Waals surface area contributed by atoms with Gasteiger partial charge in [-0.05, 0) is 49.6 Å². The predicted octanol–water partition coefficient (Wildman–Crippen LogP) is 1.91. The van der Waals surface area contributed by atoms with Crippen molar-refractivity contribution >= 4 is 31.9 Å². The van der Waals surface area contributed by atoms with Crippen LogP contribution in [0.3, 0.4) is 0 Å². The summed E-state index contributed by atoms with van der Waals surface area (Å²) in [5.41, 5.74) is 6.37. The van der Waals surface area contributed by atoms with Crippen molar-refractivity contribution in [1.29, 1.82) is 0 Å². The van der Waals surface area contributed by atoms with Crippen molar-refractivity contribution in [3.8, 4) is 5.75 Å². The number of aliphatic hydroxyl groups is 1. The van der Waals surface area contributed by atoms with Crippen molar-refractivity contribution in [2.45, 2.75) is 6.04 Å². The molecule has 0 bridgehead atoms.